The highest BCUT2D eigenvalue weighted by atomic mass is 16.5. The van der Waals surface area contributed by atoms with Crippen molar-refractivity contribution in [2.24, 2.45) is 0 Å². The standard InChI is InChI=1S/C19H21NO3/c1-13-4-8-16(9-5-13)15(3)20-18(21)12-23-19(22)17-10-6-14(2)7-11-17/h4-11,15H,12H2,1-3H3,(H,20,21)/t15-/m0/s1. The number of rotatable bonds is 5. The second-order valence-corrected chi connectivity index (χ2v) is 5.64. The van der Waals surface area contributed by atoms with Gasteiger partial charge in [0.2, 0.25) is 0 Å². The molecule has 1 amide bonds. The predicted octanol–water partition coefficient (Wildman–Crippen LogP) is 3.34. The topological polar surface area (TPSA) is 55.4 Å². The van der Waals surface area contributed by atoms with Crippen molar-refractivity contribution in [1.82, 2.24) is 5.32 Å². The molecule has 23 heavy (non-hydrogen) atoms. The maximum absolute atomic E-state index is 11.9. The number of carbonyl (C=O) groups excluding carboxylic acids is 2. The van der Waals surface area contributed by atoms with Crippen LogP contribution in [0.25, 0.3) is 0 Å². The Labute approximate surface area is 136 Å². The Bertz CT molecular complexity index is 675. The van der Waals surface area contributed by atoms with Crippen LogP contribution in [0.3, 0.4) is 0 Å². The Morgan fingerprint density at radius 2 is 1.48 bits per heavy atom. The molecule has 120 valence electrons. The van der Waals surface area contributed by atoms with Crippen molar-refractivity contribution < 1.29 is 14.3 Å². The number of ether oxygens (including phenoxy) is 1. The lowest BCUT2D eigenvalue weighted by molar-refractivity contribution is -0.124. The maximum Gasteiger partial charge on any atom is 0.338 e. The first kappa shape index (κ1) is 16.7. The van der Waals surface area contributed by atoms with Crippen LogP contribution in [-0.2, 0) is 9.53 Å². The largest absolute Gasteiger partial charge is 0.452 e. The van der Waals surface area contributed by atoms with Crippen molar-refractivity contribution in [3.8, 4) is 0 Å². The molecule has 2 aromatic carbocycles. The molecule has 0 bridgehead atoms. The van der Waals surface area contributed by atoms with Crippen molar-refractivity contribution in [2.45, 2.75) is 26.8 Å². The summed E-state index contributed by atoms with van der Waals surface area (Å²) in [6.45, 7) is 5.56. The van der Waals surface area contributed by atoms with Gasteiger partial charge >= 0.3 is 5.97 Å². The van der Waals surface area contributed by atoms with E-state index in [4.69, 9.17) is 4.74 Å². The number of amides is 1. The third-order valence-electron chi connectivity index (χ3n) is 3.58. The summed E-state index contributed by atoms with van der Waals surface area (Å²) in [7, 11) is 0. The van der Waals surface area contributed by atoms with Crippen LogP contribution in [0.1, 0.15) is 40.0 Å². The van der Waals surface area contributed by atoms with Gasteiger partial charge in [0.05, 0.1) is 11.6 Å². The van der Waals surface area contributed by atoms with Gasteiger partial charge in [-0.2, -0.15) is 0 Å². The van der Waals surface area contributed by atoms with Gasteiger partial charge in [0.15, 0.2) is 6.61 Å². The molecule has 0 aromatic heterocycles. The Morgan fingerprint density at radius 3 is 2.04 bits per heavy atom. The van der Waals surface area contributed by atoms with Crippen LogP contribution in [0.15, 0.2) is 48.5 Å². The number of esters is 1. The summed E-state index contributed by atoms with van der Waals surface area (Å²) in [6, 6.07) is 14.8. The molecular weight excluding hydrogens is 290 g/mol. The van der Waals surface area contributed by atoms with Crippen LogP contribution in [0.5, 0.6) is 0 Å². The number of aryl methyl sites for hydroxylation is 2. The second-order valence-electron chi connectivity index (χ2n) is 5.64. The molecule has 0 aliphatic heterocycles. The Morgan fingerprint density at radius 1 is 0.957 bits per heavy atom. The van der Waals surface area contributed by atoms with Crippen LogP contribution < -0.4 is 5.32 Å². The molecule has 4 nitrogen and oxygen atoms in total. The van der Waals surface area contributed by atoms with Gasteiger partial charge in [-0.05, 0) is 38.5 Å². The van der Waals surface area contributed by atoms with E-state index < -0.39 is 5.97 Å². The minimum Gasteiger partial charge on any atom is -0.452 e. The molecule has 0 saturated carbocycles. The van der Waals surface area contributed by atoms with Crippen molar-refractivity contribution in [3.05, 3.63) is 70.8 Å². The first-order valence-corrected chi connectivity index (χ1v) is 7.55. The molecule has 0 saturated heterocycles. The SMILES string of the molecule is Cc1ccc(C(=O)OCC(=O)N[C@@H](C)c2ccc(C)cc2)cc1. The van der Waals surface area contributed by atoms with Crippen LogP contribution in [0.2, 0.25) is 0 Å². The van der Waals surface area contributed by atoms with Gasteiger partial charge in [0.25, 0.3) is 5.91 Å². The van der Waals surface area contributed by atoms with E-state index in [2.05, 4.69) is 5.32 Å². The highest BCUT2D eigenvalue weighted by Crippen LogP contribution is 2.13. The lowest BCUT2D eigenvalue weighted by atomic mass is 10.1. The lowest BCUT2D eigenvalue weighted by Gasteiger charge is -2.14. The monoisotopic (exact) mass is 311 g/mol. The summed E-state index contributed by atoms with van der Waals surface area (Å²) < 4.78 is 5.03. The van der Waals surface area contributed by atoms with E-state index in [1.54, 1.807) is 12.1 Å². The lowest BCUT2D eigenvalue weighted by Crippen LogP contribution is -2.31. The Hall–Kier alpha value is -2.62. The van der Waals surface area contributed by atoms with Crippen LogP contribution in [0.4, 0.5) is 0 Å². The van der Waals surface area contributed by atoms with Crippen LogP contribution in [0, 0.1) is 13.8 Å². The fraction of sp³-hybridized carbons (Fsp3) is 0.263. The van der Waals surface area contributed by atoms with Gasteiger partial charge < -0.3 is 10.1 Å². The van der Waals surface area contributed by atoms with Crippen molar-refractivity contribution in [1.29, 1.82) is 0 Å². The normalized spacial score (nSPS) is 11.6. The van der Waals surface area contributed by atoms with E-state index in [9.17, 15) is 9.59 Å². The third-order valence-corrected chi connectivity index (χ3v) is 3.58. The Kier molecular flexibility index (Phi) is 5.52. The average molecular weight is 311 g/mol. The summed E-state index contributed by atoms with van der Waals surface area (Å²) >= 11 is 0. The number of nitrogens with one attached hydrogen (secondary N) is 1. The molecule has 1 N–H and O–H groups in total. The minimum absolute atomic E-state index is 0.138. The molecule has 4 heteroatoms. The van der Waals surface area contributed by atoms with Crippen molar-refractivity contribution >= 4 is 11.9 Å². The first-order valence-electron chi connectivity index (χ1n) is 7.55. The fourth-order valence-corrected chi connectivity index (χ4v) is 2.13. The van der Waals surface area contributed by atoms with Gasteiger partial charge in [-0.25, -0.2) is 4.79 Å². The third kappa shape index (κ3) is 4.95. The molecule has 2 rings (SSSR count). The number of benzene rings is 2. The van der Waals surface area contributed by atoms with Crippen molar-refractivity contribution in [2.75, 3.05) is 6.61 Å². The highest BCUT2D eigenvalue weighted by molar-refractivity contribution is 5.91. The number of carbonyl (C=O) groups is 2. The molecule has 2 aromatic rings. The summed E-state index contributed by atoms with van der Waals surface area (Å²) in [4.78, 5) is 23.7. The molecule has 0 aliphatic rings. The van der Waals surface area contributed by atoms with E-state index in [-0.39, 0.29) is 18.6 Å². The van der Waals surface area contributed by atoms with E-state index in [1.807, 2.05) is 57.2 Å². The van der Waals surface area contributed by atoms with E-state index >= 15 is 0 Å². The molecule has 0 heterocycles. The van der Waals surface area contributed by atoms with Gasteiger partial charge in [0.1, 0.15) is 0 Å². The van der Waals surface area contributed by atoms with Crippen LogP contribution >= 0.6 is 0 Å². The second kappa shape index (κ2) is 7.58. The molecule has 0 fully saturated rings. The average Bonchev–Trinajstić information content (AvgIpc) is 2.54. The zero-order chi connectivity index (χ0) is 16.8. The van der Waals surface area contributed by atoms with Gasteiger partial charge in [0, 0.05) is 0 Å². The molecule has 0 spiro atoms. The summed E-state index contributed by atoms with van der Waals surface area (Å²) in [5.74, 6) is -0.818. The summed E-state index contributed by atoms with van der Waals surface area (Å²) in [5, 5.41) is 2.82. The van der Waals surface area contributed by atoms with E-state index in [0.717, 1.165) is 11.1 Å². The zero-order valence-corrected chi connectivity index (χ0v) is 13.6. The number of hydrogen-bond donors (Lipinski definition) is 1. The molecule has 1 atom stereocenters. The van der Waals surface area contributed by atoms with Gasteiger partial charge in [-0.3, -0.25) is 4.79 Å². The predicted molar refractivity (Wildman–Crippen MR) is 89.2 cm³/mol. The van der Waals surface area contributed by atoms with Gasteiger partial charge in [-0.15, -0.1) is 0 Å². The van der Waals surface area contributed by atoms with E-state index in [1.165, 1.54) is 5.56 Å². The van der Waals surface area contributed by atoms with Gasteiger partial charge in [-0.1, -0.05) is 47.5 Å². The molecule has 0 radical (unpaired) electrons. The molecular formula is C19H21NO3. The number of hydrogen-bond acceptors (Lipinski definition) is 3. The van der Waals surface area contributed by atoms with Crippen molar-refractivity contribution in [3.63, 3.8) is 0 Å². The van der Waals surface area contributed by atoms with E-state index in [0.29, 0.717) is 5.56 Å². The quantitative estimate of drug-likeness (QED) is 0.862. The Balaban J connectivity index is 1.83. The highest BCUT2D eigenvalue weighted by Gasteiger charge is 2.13. The first-order chi connectivity index (χ1) is 11.0. The van der Waals surface area contributed by atoms with Crippen LogP contribution in [-0.4, -0.2) is 18.5 Å². The molecule has 0 aliphatic carbocycles. The summed E-state index contributed by atoms with van der Waals surface area (Å²) in [5.41, 5.74) is 3.68. The smallest absolute Gasteiger partial charge is 0.338 e. The fourth-order valence-electron chi connectivity index (χ4n) is 2.13. The molecule has 0 unspecified atom stereocenters. The zero-order valence-electron chi connectivity index (χ0n) is 13.6. The minimum atomic E-state index is -0.497. The maximum atomic E-state index is 11.9. The summed E-state index contributed by atoms with van der Waals surface area (Å²) in [6.07, 6.45) is 0.